The largest absolute Gasteiger partial charge is 0.382 e. The molecule has 402 valence electrons. The minimum Gasteiger partial charge on any atom is -0.382 e. The van der Waals surface area contributed by atoms with Gasteiger partial charge in [0.05, 0.1) is 169 Å². The maximum absolute atomic E-state index is 6.43. The number of piperazine rings is 1. The number of para-hydroxylation sites is 1. The van der Waals surface area contributed by atoms with Gasteiger partial charge in [-0.15, -0.1) is 0 Å². The molecule has 3 atom stereocenters. The third kappa shape index (κ3) is 26.9. The highest BCUT2D eigenvalue weighted by Crippen LogP contribution is 2.48. The highest BCUT2D eigenvalue weighted by atomic mass is 35.5. The van der Waals surface area contributed by atoms with E-state index < -0.39 is 0 Å². The van der Waals surface area contributed by atoms with Crippen molar-refractivity contribution in [2.75, 3.05) is 231 Å². The summed E-state index contributed by atoms with van der Waals surface area (Å²) in [5.74, 6) is 0. The molecule has 70 heavy (non-hydrogen) atoms. The smallest absolute Gasteiger partial charge is 0.104 e. The molecular weight excluding hydrogens is 950 g/mol. The number of halogens is 1. The number of ether oxygens (including phenoxy) is 15. The molecule has 2 aromatic carbocycles. The number of anilines is 2. The van der Waals surface area contributed by atoms with Crippen LogP contribution in [0.5, 0.6) is 0 Å². The van der Waals surface area contributed by atoms with Crippen molar-refractivity contribution in [1.29, 1.82) is 0 Å². The van der Waals surface area contributed by atoms with Gasteiger partial charge in [0.15, 0.2) is 0 Å². The van der Waals surface area contributed by atoms with Crippen LogP contribution in [0.25, 0.3) is 0 Å². The minimum absolute atomic E-state index is 0.0343. The van der Waals surface area contributed by atoms with Gasteiger partial charge in [-0.2, -0.15) is 0 Å². The third-order valence-electron chi connectivity index (χ3n) is 11.3. The summed E-state index contributed by atoms with van der Waals surface area (Å²) in [6.07, 6.45) is 0.602. The van der Waals surface area contributed by atoms with Gasteiger partial charge in [0.1, 0.15) is 12.2 Å². The van der Waals surface area contributed by atoms with Crippen LogP contribution in [0.15, 0.2) is 52.3 Å². The lowest BCUT2D eigenvalue weighted by molar-refractivity contribution is -0.0897. The van der Waals surface area contributed by atoms with Gasteiger partial charge in [0.25, 0.3) is 0 Å². The summed E-state index contributed by atoms with van der Waals surface area (Å²) in [6, 6.07) is 14.8. The van der Waals surface area contributed by atoms with Crippen molar-refractivity contribution in [2.45, 2.75) is 34.5 Å². The standard InChI is InChI=1S/C50H84ClN3O15S/c1-55-18-19-59-20-21-60-22-23-61-24-25-62-26-27-63-28-29-64-30-31-65-32-33-66-34-35-67-39-45(57-3)40-69-42-46(58-4)41-68-38-44(56-2)37-53-16-14-52(15-17-53)12-7-13-54-47-8-5-6-9-49(47)70-50-11-10-43(51)36-48(50)54/h5-6,8-11,36,44-46H,7,12-35,37-42H2,1-4H3. The van der Waals surface area contributed by atoms with Crippen LogP contribution in [0.4, 0.5) is 11.4 Å². The molecule has 0 aromatic heterocycles. The van der Waals surface area contributed by atoms with E-state index in [-0.39, 0.29) is 18.3 Å². The molecule has 0 aliphatic carbocycles. The van der Waals surface area contributed by atoms with Crippen LogP contribution in [0.3, 0.4) is 0 Å². The zero-order valence-electron chi connectivity index (χ0n) is 42.4. The molecule has 0 radical (unpaired) electrons. The summed E-state index contributed by atoms with van der Waals surface area (Å²) in [7, 11) is 6.71. The summed E-state index contributed by atoms with van der Waals surface area (Å²) in [5, 5.41) is 0.769. The fourth-order valence-corrected chi connectivity index (χ4v) is 8.56. The van der Waals surface area contributed by atoms with Crippen LogP contribution in [0.2, 0.25) is 5.02 Å². The van der Waals surface area contributed by atoms with Crippen LogP contribution in [0.1, 0.15) is 6.42 Å². The molecule has 2 aromatic rings. The van der Waals surface area contributed by atoms with Gasteiger partial charge in [0.2, 0.25) is 0 Å². The van der Waals surface area contributed by atoms with E-state index in [2.05, 4.69) is 51.1 Å². The maximum Gasteiger partial charge on any atom is 0.104 e. The molecular formula is C50H84ClN3O15S. The van der Waals surface area contributed by atoms with Crippen molar-refractivity contribution in [1.82, 2.24) is 9.80 Å². The van der Waals surface area contributed by atoms with Crippen LogP contribution in [0, 0.1) is 0 Å². The molecule has 4 rings (SSSR count). The molecule has 0 saturated carbocycles. The second-order valence-corrected chi connectivity index (χ2v) is 18.0. The first-order valence-corrected chi connectivity index (χ1v) is 25.9. The molecule has 0 bridgehead atoms. The molecule has 18 nitrogen and oxygen atoms in total. The lowest BCUT2D eigenvalue weighted by Gasteiger charge is -2.37. The SMILES string of the molecule is COCCOCCOCCOCCOCCOCCOCCOCCOCCOCC(COCC(COCC(CN1CCN(CCCN2c3ccccc3Sc3ccc(Cl)cc32)CC1)OC)OC)OC. The number of methoxy groups -OCH3 is 4. The Balaban J connectivity index is 0.890. The average Bonchev–Trinajstić information content (AvgIpc) is 3.38. The monoisotopic (exact) mass is 1030 g/mol. The zero-order valence-corrected chi connectivity index (χ0v) is 44.0. The molecule has 2 heterocycles. The molecule has 3 unspecified atom stereocenters. The lowest BCUT2D eigenvalue weighted by atomic mass is 10.2. The Labute approximate surface area is 427 Å². The fraction of sp³-hybridized carbons (Fsp3) is 0.760. The van der Waals surface area contributed by atoms with Crippen molar-refractivity contribution in [3.63, 3.8) is 0 Å². The van der Waals surface area contributed by atoms with Gasteiger partial charge in [-0.1, -0.05) is 35.5 Å². The Bertz CT molecular complexity index is 1560. The molecule has 0 spiro atoms. The summed E-state index contributed by atoms with van der Waals surface area (Å²) >= 11 is 8.25. The van der Waals surface area contributed by atoms with Crippen molar-refractivity contribution in [3.8, 4) is 0 Å². The average molecular weight is 1030 g/mol. The number of rotatable bonds is 46. The maximum atomic E-state index is 6.43. The van der Waals surface area contributed by atoms with Crippen LogP contribution < -0.4 is 4.90 Å². The number of fused-ring (bicyclic) bond motifs is 2. The van der Waals surface area contributed by atoms with Crippen molar-refractivity contribution < 1.29 is 71.1 Å². The zero-order chi connectivity index (χ0) is 49.5. The summed E-state index contributed by atoms with van der Waals surface area (Å²) in [6.45, 7) is 18.0. The van der Waals surface area contributed by atoms with E-state index in [1.165, 1.54) is 21.2 Å². The Morgan fingerprint density at radius 2 is 0.857 bits per heavy atom. The van der Waals surface area contributed by atoms with E-state index in [0.29, 0.717) is 152 Å². The Morgan fingerprint density at radius 3 is 1.34 bits per heavy atom. The van der Waals surface area contributed by atoms with Crippen LogP contribution >= 0.6 is 23.4 Å². The van der Waals surface area contributed by atoms with E-state index in [9.17, 15) is 0 Å². The summed E-state index contributed by atoms with van der Waals surface area (Å²) < 4.78 is 83.6. The Morgan fingerprint density at radius 1 is 0.443 bits per heavy atom. The molecule has 0 N–H and O–H groups in total. The molecule has 1 fully saturated rings. The summed E-state index contributed by atoms with van der Waals surface area (Å²) in [5.41, 5.74) is 2.46. The van der Waals surface area contributed by atoms with Crippen molar-refractivity contribution >= 4 is 34.7 Å². The topological polar surface area (TPSA) is 148 Å². The van der Waals surface area contributed by atoms with Crippen LogP contribution in [-0.4, -0.2) is 254 Å². The van der Waals surface area contributed by atoms with Gasteiger partial charge in [-0.25, -0.2) is 0 Å². The Kier molecular flexibility index (Phi) is 35.2. The number of hydrogen-bond donors (Lipinski definition) is 0. The minimum atomic E-state index is -0.216. The van der Waals surface area contributed by atoms with Crippen LogP contribution in [-0.2, 0) is 71.1 Å². The van der Waals surface area contributed by atoms with E-state index in [1.54, 1.807) is 28.4 Å². The van der Waals surface area contributed by atoms with Gasteiger partial charge < -0.3 is 80.9 Å². The molecule has 2 aliphatic rings. The quantitative estimate of drug-likeness (QED) is 0.0834. The second-order valence-electron chi connectivity index (χ2n) is 16.4. The predicted octanol–water partition coefficient (Wildman–Crippen LogP) is 4.82. The second kappa shape index (κ2) is 40.6. The number of nitrogens with zero attached hydrogens (tertiary/aromatic N) is 3. The van der Waals surface area contributed by atoms with Gasteiger partial charge in [0, 0.05) is 82.5 Å². The fourth-order valence-electron chi connectivity index (χ4n) is 7.32. The summed E-state index contributed by atoms with van der Waals surface area (Å²) in [4.78, 5) is 10.0. The number of benzene rings is 2. The molecule has 0 amide bonds. The van der Waals surface area contributed by atoms with E-state index in [0.717, 1.165) is 57.3 Å². The van der Waals surface area contributed by atoms with E-state index in [4.69, 9.17) is 82.7 Å². The molecule has 20 heteroatoms. The first-order chi connectivity index (χ1) is 34.5. The van der Waals surface area contributed by atoms with Gasteiger partial charge in [-0.3, -0.25) is 4.90 Å². The van der Waals surface area contributed by atoms with Crippen molar-refractivity contribution in [2.24, 2.45) is 0 Å². The van der Waals surface area contributed by atoms with Gasteiger partial charge in [-0.05, 0) is 43.3 Å². The van der Waals surface area contributed by atoms with Gasteiger partial charge >= 0.3 is 0 Å². The van der Waals surface area contributed by atoms with E-state index in [1.807, 2.05) is 17.8 Å². The lowest BCUT2D eigenvalue weighted by Crippen LogP contribution is -2.49. The first kappa shape index (κ1) is 60.8. The molecule has 2 aliphatic heterocycles. The van der Waals surface area contributed by atoms with Crippen molar-refractivity contribution in [3.05, 3.63) is 47.5 Å². The normalized spacial score (nSPS) is 15.6. The highest BCUT2D eigenvalue weighted by Gasteiger charge is 2.25. The van der Waals surface area contributed by atoms with E-state index >= 15 is 0 Å². The predicted molar refractivity (Wildman–Crippen MR) is 270 cm³/mol. The third-order valence-corrected chi connectivity index (χ3v) is 12.7. The number of hydrogen-bond acceptors (Lipinski definition) is 19. The Hall–Kier alpha value is -1.80. The highest BCUT2D eigenvalue weighted by molar-refractivity contribution is 7.99. The molecule has 1 saturated heterocycles. The first-order valence-electron chi connectivity index (χ1n) is 24.8.